The molecule has 1 aromatic heterocycles. The van der Waals surface area contributed by atoms with E-state index in [1.165, 1.54) is 17.3 Å². The average Bonchev–Trinajstić information content (AvgIpc) is 2.57. The van der Waals surface area contributed by atoms with Crippen LogP contribution < -0.4 is 0 Å². The first-order valence-electron chi connectivity index (χ1n) is 7.91. The largest absolute Gasteiger partial charge is 0.301 e. The Hall–Kier alpha value is -1.33. The fraction of sp³-hybridized carbons (Fsp3) is 0.471. The molecule has 1 aromatic rings. The molecule has 0 fully saturated rings. The van der Waals surface area contributed by atoms with E-state index in [2.05, 4.69) is 22.1 Å². The lowest BCUT2D eigenvalue weighted by Crippen LogP contribution is -2.32. The summed E-state index contributed by atoms with van der Waals surface area (Å²) in [4.78, 5) is 22.5. The number of nitrogens with zero attached hydrogens (tertiary/aromatic N) is 3. The van der Waals surface area contributed by atoms with Gasteiger partial charge in [0.15, 0.2) is 0 Å². The zero-order chi connectivity index (χ0) is 16.7. The third-order valence-electron chi connectivity index (χ3n) is 3.69. The number of aryl methyl sites for hydroxylation is 1. The van der Waals surface area contributed by atoms with E-state index in [-0.39, 0.29) is 5.24 Å². The van der Waals surface area contributed by atoms with Gasteiger partial charge in [0.25, 0.3) is 5.24 Å². The van der Waals surface area contributed by atoms with E-state index >= 15 is 0 Å². The van der Waals surface area contributed by atoms with E-state index in [1.54, 1.807) is 11.1 Å². The number of carbonyl (C=O) groups excluding carboxylic acids is 1. The minimum absolute atomic E-state index is 0.0301. The van der Waals surface area contributed by atoms with Gasteiger partial charge in [-0.2, -0.15) is 0 Å². The van der Waals surface area contributed by atoms with Crippen molar-refractivity contribution in [3.63, 3.8) is 0 Å². The van der Waals surface area contributed by atoms with Gasteiger partial charge < -0.3 is 4.90 Å². The van der Waals surface area contributed by atoms with Crippen molar-refractivity contribution in [2.75, 3.05) is 18.8 Å². The van der Waals surface area contributed by atoms with Gasteiger partial charge in [-0.25, -0.2) is 0 Å². The maximum absolute atomic E-state index is 12.2. The topological polar surface area (TPSA) is 45.6 Å². The number of allylic oxidation sites excluding steroid dienone is 1. The first kappa shape index (κ1) is 18.0. The SMILES string of the molecule is CCSC(=O)N(CC)C1=CC(CCc2cccnc2)CN=C1Cl. The summed E-state index contributed by atoms with van der Waals surface area (Å²) < 4.78 is 0. The van der Waals surface area contributed by atoms with Crippen LogP contribution in [-0.4, -0.2) is 39.1 Å². The molecule has 124 valence electrons. The predicted octanol–water partition coefficient (Wildman–Crippen LogP) is 4.36. The normalized spacial score (nSPS) is 17.4. The number of pyridine rings is 1. The molecular formula is C17H22ClN3OS. The van der Waals surface area contributed by atoms with Crippen molar-refractivity contribution in [2.24, 2.45) is 10.9 Å². The minimum Gasteiger partial charge on any atom is -0.301 e. The lowest BCUT2D eigenvalue weighted by Gasteiger charge is -2.27. The molecule has 2 heterocycles. The highest BCUT2D eigenvalue weighted by Gasteiger charge is 2.24. The molecule has 0 bridgehead atoms. The summed E-state index contributed by atoms with van der Waals surface area (Å²) in [5.74, 6) is 1.04. The Balaban J connectivity index is 2.06. The number of dihydropyridines is 1. The standard InChI is InChI=1S/C17H22ClN3OS/c1-3-21(17(22)23-4-2)15-10-14(12-20-16(15)18)8-7-13-6-5-9-19-11-13/h5-6,9-11,14H,3-4,7-8,12H2,1-2H3. The van der Waals surface area contributed by atoms with Gasteiger partial charge >= 0.3 is 0 Å². The van der Waals surface area contributed by atoms with Crippen molar-refractivity contribution in [3.05, 3.63) is 41.9 Å². The van der Waals surface area contributed by atoms with Crippen LogP contribution in [0.25, 0.3) is 0 Å². The zero-order valence-electron chi connectivity index (χ0n) is 13.5. The van der Waals surface area contributed by atoms with E-state index in [4.69, 9.17) is 11.6 Å². The highest BCUT2D eigenvalue weighted by atomic mass is 35.5. The molecule has 1 unspecified atom stereocenters. The molecule has 23 heavy (non-hydrogen) atoms. The molecule has 1 aliphatic heterocycles. The number of carbonyl (C=O) groups is 1. The number of thioether (sulfide) groups is 1. The van der Waals surface area contributed by atoms with E-state index in [9.17, 15) is 4.79 Å². The van der Waals surface area contributed by atoms with Crippen molar-refractivity contribution in [3.8, 4) is 0 Å². The molecule has 0 N–H and O–H groups in total. The molecule has 4 nitrogen and oxygen atoms in total. The highest BCUT2D eigenvalue weighted by molar-refractivity contribution is 8.13. The Kier molecular flexibility index (Phi) is 7.12. The lowest BCUT2D eigenvalue weighted by molar-refractivity contribution is 0.238. The first-order valence-corrected chi connectivity index (χ1v) is 9.27. The Morgan fingerprint density at radius 2 is 2.30 bits per heavy atom. The second kappa shape index (κ2) is 9.08. The quantitative estimate of drug-likeness (QED) is 0.764. The summed E-state index contributed by atoms with van der Waals surface area (Å²) in [5.41, 5.74) is 1.97. The van der Waals surface area contributed by atoms with E-state index < -0.39 is 0 Å². The zero-order valence-corrected chi connectivity index (χ0v) is 15.1. The van der Waals surface area contributed by atoms with Gasteiger partial charge in [-0.05, 0) is 43.1 Å². The Bertz CT molecular complexity index is 589. The summed E-state index contributed by atoms with van der Waals surface area (Å²) in [6.45, 7) is 5.20. The Morgan fingerprint density at radius 3 is 2.96 bits per heavy atom. The molecule has 6 heteroatoms. The molecular weight excluding hydrogens is 330 g/mol. The summed E-state index contributed by atoms with van der Waals surface area (Å²) in [6, 6.07) is 4.03. The third kappa shape index (κ3) is 5.08. The highest BCUT2D eigenvalue weighted by Crippen LogP contribution is 2.24. The van der Waals surface area contributed by atoms with Crippen LogP contribution in [0.5, 0.6) is 0 Å². The molecule has 0 spiro atoms. The van der Waals surface area contributed by atoms with Crippen LogP contribution in [0.3, 0.4) is 0 Å². The number of amides is 1. The summed E-state index contributed by atoms with van der Waals surface area (Å²) in [6.07, 6.45) is 7.68. The van der Waals surface area contributed by atoms with Crippen LogP contribution in [0.15, 0.2) is 41.3 Å². The van der Waals surface area contributed by atoms with Crippen LogP contribution in [-0.2, 0) is 6.42 Å². The number of rotatable bonds is 6. The molecule has 1 amide bonds. The van der Waals surface area contributed by atoms with Crippen molar-refractivity contribution < 1.29 is 4.79 Å². The molecule has 2 rings (SSSR count). The Morgan fingerprint density at radius 1 is 1.48 bits per heavy atom. The molecule has 1 atom stereocenters. The van der Waals surface area contributed by atoms with Gasteiger partial charge in [0.2, 0.25) is 0 Å². The van der Waals surface area contributed by atoms with Gasteiger partial charge in [0.05, 0.1) is 5.70 Å². The number of hydrogen-bond acceptors (Lipinski definition) is 4. The number of hydrogen-bond donors (Lipinski definition) is 0. The van der Waals surface area contributed by atoms with E-state index in [0.717, 1.165) is 24.3 Å². The fourth-order valence-corrected chi connectivity index (χ4v) is 3.36. The smallest absolute Gasteiger partial charge is 0.286 e. The second-order valence-corrected chi connectivity index (χ2v) is 6.86. The summed E-state index contributed by atoms with van der Waals surface area (Å²) in [7, 11) is 0. The van der Waals surface area contributed by atoms with Gasteiger partial charge in [0.1, 0.15) is 5.17 Å². The third-order valence-corrected chi connectivity index (χ3v) is 4.76. The maximum Gasteiger partial charge on any atom is 0.286 e. The van der Waals surface area contributed by atoms with Crippen molar-refractivity contribution in [1.29, 1.82) is 0 Å². The monoisotopic (exact) mass is 351 g/mol. The number of aromatic nitrogens is 1. The lowest BCUT2D eigenvalue weighted by atomic mass is 9.97. The fourth-order valence-electron chi connectivity index (χ4n) is 2.50. The van der Waals surface area contributed by atoms with Crippen LogP contribution in [0.1, 0.15) is 25.8 Å². The van der Waals surface area contributed by atoms with Crippen LogP contribution >= 0.6 is 23.4 Å². The first-order chi connectivity index (χ1) is 11.2. The van der Waals surface area contributed by atoms with Crippen LogP contribution in [0, 0.1) is 5.92 Å². The summed E-state index contributed by atoms with van der Waals surface area (Å²) >= 11 is 7.55. The van der Waals surface area contributed by atoms with Gasteiger partial charge in [-0.3, -0.25) is 14.8 Å². The molecule has 0 saturated carbocycles. The molecule has 1 aliphatic rings. The predicted molar refractivity (Wildman–Crippen MR) is 98.2 cm³/mol. The molecule has 0 radical (unpaired) electrons. The van der Waals surface area contributed by atoms with Gasteiger partial charge in [-0.1, -0.05) is 42.4 Å². The Labute approximate surface area is 147 Å². The second-order valence-electron chi connectivity index (χ2n) is 5.29. The number of aliphatic imine (C=N–C) groups is 1. The summed E-state index contributed by atoms with van der Waals surface area (Å²) in [5, 5.41) is 0.469. The molecule has 0 aliphatic carbocycles. The minimum atomic E-state index is 0.0301. The average molecular weight is 352 g/mol. The van der Waals surface area contributed by atoms with Crippen LogP contribution in [0.4, 0.5) is 4.79 Å². The van der Waals surface area contributed by atoms with Crippen molar-refractivity contribution in [2.45, 2.75) is 26.7 Å². The van der Waals surface area contributed by atoms with Gasteiger partial charge in [0, 0.05) is 25.5 Å². The molecule has 0 saturated heterocycles. The van der Waals surface area contributed by atoms with Crippen LogP contribution in [0.2, 0.25) is 0 Å². The number of halogens is 1. The van der Waals surface area contributed by atoms with E-state index in [0.29, 0.717) is 24.2 Å². The van der Waals surface area contributed by atoms with Crippen molar-refractivity contribution in [1.82, 2.24) is 9.88 Å². The molecule has 0 aromatic carbocycles. The van der Waals surface area contributed by atoms with E-state index in [1.807, 2.05) is 26.1 Å². The van der Waals surface area contributed by atoms with Gasteiger partial charge in [-0.15, -0.1) is 0 Å². The maximum atomic E-state index is 12.2. The van der Waals surface area contributed by atoms with Crippen molar-refractivity contribution >= 4 is 33.8 Å².